The molecular formula is C17H26N2O2. The number of para-hydroxylation sites is 2. The lowest BCUT2D eigenvalue weighted by molar-refractivity contribution is -0.122. The molecular weight excluding hydrogens is 264 g/mol. The molecule has 1 saturated carbocycles. The fourth-order valence-corrected chi connectivity index (χ4v) is 2.99. The van der Waals surface area contributed by atoms with Gasteiger partial charge in [-0.05, 0) is 36.8 Å². The number of carbonyl (C=O) groups excluding carboxylic acids is 1. The summed E-state index contributed by atoms with van der Waals surface area (Å²) in [4.78, 5) is 12.0. The van der Waals surface area contributed by atoms with Crippen LogP contribution in [0.2, 0.25) is 0 Å². The van der Waals surface area contributed by atoms with E-state index in [-0.39, 0.29) is 5.91 Å². The summed E-state index contributed by atoms with van der Waals surface area (Å²) >= 11 is 0. The lowest BCUT2D eigenvalue weighted by atomic mass is 9.75. The van der Waals surface area contributed by atoms with Gasteiger partial charge < -0.3 is 15.8 Å². The van der Waals surface area contributed by atoms with Crippen LogP contribution in [0.3, 0.4) is 0 Å². The molecule has 0 aromatic heterocycles. The van der Waals surface area contributed by atoms with Crippen LogP contribution >= 0.6 is 0 Å². The standard InChI is InChI=1S/C17H26N2O2/c1-17(2)10-5-6-13(12-17)19-16(20)9-11-21-15-8-4-3-7-14(15)18/h3-4,7-8,13H,5-6,9-12,18H2,1-2H3,(H,19,20). The normalized spacial score (nSPS) is 20.8. The number of carbonyl (C=O) groups is 1. The van der Waals surface area contributed by atoms with Crippen molar-refractivity contribution in [1.82, 2.24) is 5.32 Å². The zero-order valence-electron chi connectivity index (χ0n) is 13.0. The number of nitrogens with two attached hydrogens (primary N) is 1. The minimum Gasteiger partial charge on any atom is -0.491 e. The van der Waals surface area contributed by atoms with Crippen molar-refractivity contribution in [2.45, 2.75) is 52.0 Å². The smallest absolute Gasteiger partial charge is 0.223 e. The Kier molecular flexibility index (Phi) is 5.10. The summed E-state index contributed by atoms with van der Waals surface area (Å²) in [6.45, 7) is 4.90. The van der Waals surface area contributed by atoms with Gasteiger partial charge in [0.25, 0.3) is 0 Å². The Hall–Kier alpha value is -1.71. The first-order valence-corrected chi connectivity index (χ1v) is 7.73. The summed E-state index contributed by atoms with van der Waals surface area (Å²) in [5.74, 6) is 0.705. The van der Waals surface area contributed by atoms with E-state index in [4.69, 9.17) is 10.5 Å². The summed E-state index contributed by atoms with van der Waals surface area (Å²) in [5, 5.41) is 3.13. The highest BCUT2D eigenvalue weighted by Crippen LogP contribution is 2.35. The predicted molar refractivity (Wildman–Crippen MR) is 85.1 cm³/mol. The lowest BCUT2D eigenvalue weighted by Crippen LogP contribution is -2.41. The summed E-state index contributed by atoms with van der Waals surface area (Å²) in [5.41, 5.74) is 6.73. The molecule has 0 radical (unpaired) electrons. The van der Waals surface area contributed by atoms with Gasteiger partial charge in [0.15, 0.2) is 0 Å². The number of amides is 1. The largest absolute Gasteiger partial charge is 0.491 e. The van der Waals surface area contributed by atoms with Gasteiger partial charge in [0, 0.05) is 6.04 Å². The maximum atomic E-state index is 12.0. The van der Waals surface area contributed by atoms with Crippen LogP contribution in [0.25, 0.3) is 0 Å². The second-order valence-electron chi connectivity index (χ2n) is 6.66. The second-order valence-corrected chi connectivity index (χ2v) is 6.66. The predicted octanol–water partition coefficient (Wildman–Crippen LogP) is 3.12. The van der Waals surface area contributed by atoms with E-state index in [9.17, 15) is 4.79 Å². The molecule has 116 valence electrons. The lowest BCUT2D eigenvalue weighted by Gasteiger charge is -2.35. The fourth-order valence-electron chi connectivity index (χ4n) is 2.99. The van der Waals surface area contributed by atoms with Gasteiger partial charge in [-0.1, -0.05) is 32.4 Å². The zero-order chi connectivity index (χ0) is 15.3. The zero-order valence-corrected chi connectivity index (χ0v) is 13.0. The first-order chi connectivity index (χ1) is 9.96. The van der Waals surface area contributed by atoms with E-state index in [2.05, 4.69) is 19.2 Å². The monoisotopic (exact) mass is 290 g/mol. The first-order valence-electron chi connectivity index (χ1n) is 7.73. The summed E-state index contributed by atoms with van der Waals surface area (Å²) in [6, 6.07) is 7.65. The van der Waals surface area contributed by atoms with Crippen LogP contribution < -0.4 is 15.8 Å². The van der Waals surface area contributed by atoms with Gasteiger partial charge >= 0.3 is 0 Å². The molecule has 0 bridgehead atoms. The Morgan fingerprint density at radius 1 is 1.43 bits per heavy atom. The number of hydrogen-bond acceptors (Lipinski definition) is 3. The summed E-state index contributed by atoms with van der Waals surface area (Å²) in [7, 11) is 0. The molecule has 4 heteroatoms. The number of nitrogen functional groups attached to an aromatic ring is 1. The van der Waals surface area contributed by atoms with Crippen LogP contribution in [0.1, 0.15) is 46.0 Å². The molecule has 21 heavy (non-hydrogen) atoms. The van der Waals surface area contributed by atoms with Crippen molar-refractivity contribution in [1.29, 1.82) is 0 Å². The minimum atomic E-state index is 0.0622. The quantitative estimate of drug-likeness (QED) is 0.819. The number of ether oxygens (including phenoxy) is 1. The van der Waals surface area contributed by atoms with E-state index in [1.807, 2.05) is 18.2 Å². The third kappa shape index (κ3) is 4.96. The highest BCUT2D eigenvalue weighted by molar-refractivity contribution is 5.76. The van der Waals surface area contributed by atoms with Gasteiger partial charge in [-0.3, -0.25) is 4.79 Å². The van der Waals surface area contributed by atoms with E-state index in [0.29, 0.717) is 35.9 Å². The Balaban J connectivity index is 1.72. The molecule has 1 unspecified atom stereocenters. The van der Waals surface area contributed by atoms with Gasteiger partial charge in [-0.25, -0.2) is 0 Å². The van der Waals surface area contributed by atoms with Crippen molar-refractivity contribution in [2.24, 2.45) is 5.41 Å². The van der Waals surface area contributed by atoms with Crippen molar-refractivity contribution >= 4 is 11.6 Å². The van der Waals surface area contributed by atoms with Gasteiger partial charge in [-0.2, -0.15) is 0 Å². The summed E-state index contributed by atoms with van der Waals surface area (Å²) in [6.07, 6.45) is 4.95. The maximum Gasteiger partial charge on any atom is 0.223 e. The third-order valence-electron chi connectivity index (χ3n) is 4.08. The number of anilines is 1. The second kappa shape index (κ2) is 6.83. The van der Waals surface area contributed by atoms with E-state index in [1.54, 1.807) is 6.07 Å². The van der Waals surface area contributed by atoms with Crippen LogP contribution in [-0.4, -0.2) is 18.6 Å². The van der Waals surface area contributed by atoms with E-state index in [1.165, 1.54) is 12.8 Å². The first kappa shape index (κ1) is 15.7. The molecule has 2 rings (SSSR count). The molecule has 4 nitrogen and oxygen atoms in total. The molecule has 1 atom stereocenters. The van der Waals surface area contributed by atoms with E-state index in [0.717, 1.165) is 12.8 Å². The number of hydrogen-bond donors (Lipinski definition) is 2. The molecule has 0 heterocycles. The number of benzene rings is 1. The molecule has 0 aliphatic heterocycles. The maximum absolute atomic E-state index is 12.0. The molecule has 0 saturated heterocycles. The van der Waals surface area contributed by atoms with Crippen LogP contribution in [0, 0.1) is 5.41 Å². The van der Waals surface area contributed by atoms with Crippen LogP contribution in [-0.2, 0) is 4.79 Å². The van der Waals surface area contributed by atoms with Gasteiger partial charge in [0.1, 0.15) is 5.75 Å². The summed E-state index contributed by atoms with van der Waals surface area (Å²) < 4.78 is 5.55. The minimum absolute atomic E-state index is 0.0622. The van der Waals surface area contributed by atoms with Crippen molar-refractivity contribution in [2.75, 3.05) is 12.3 Å². The SMILES string of the molecule is CC1(C)CCCC(NC(=O)CCOc2ccccc2N)C1. The fraction of sp³-hybridized carbons (Fsp3) is 0.588. The van der Waals surface area contributed by atoms with E-state index >= 15 is 0 Å². The number of nitrogens with one attached hydrogen (secondary N) is 1. The van der Waals surface area contributed by atoms with Gasteiger partial charge in [0.2, 0.25) is 5.91 Å². The van der Waals surface area contributed by atoms with Crippen molar-refractivity contribution in [3.8, 4) is 5.75 Å². The Morgan fingerprint density at radius 3 is 2.90 bits per heavy atom. The molecule has 3 N–H and O–H groups in total. The average Bonchev–Trinajstić information content (AvgIpc) is 2.40. The van der Waals surface area contributed by atoms with Gasteiger partial charge in [-0.15, -0.1) is 0 Å². The van der Waals surface area contributed by atoms with Crippen LogP contribution in [0.4, 0.5) is 5.69 Å². The van der Waals surface area contributed by atoms with Crippen LogP contribution in [0.5, 0.6) is 5.75 Å². The molecule has 1 amide bonds. The average molecular weight is 290 g/mol. The number of rotatable bonds is 5. The third-order valence-corrected chi connectivity index (χ3v) is 4.08. The molecule has 0 spiro atoms. The Labute approximate surface area is 127 Å². The molecule has 1 aromatic carbocycles. The highest BCUT2D eigenvalue weighted by atomic mass is 16.5. The van der Waals surface area contributed by atoms with Crippen molar-refractivity contribution in [3.63, 3.8) is 0 Å². The molecule has 1 aliphatic rings. The highest BCUT2D eigenvalue weighted by Gasteiger charge is 2.28. The molecule has 1 aliphatic carbocycles. The van der Waals surface area contributed by atoms with Crippen molar-refractivity contribution in [3.05, 3.63) is 24.3 Å². The molecule has 1 aromatic rings. The topological polar surface area (TPSA) is 64.3 Å². The Morgan fingerprint density at radius 2 is 2.19 bits per heavy atom. The van der Waals surface area contributed by atoms with Crippen molar-refractivity contribution < 1.29 is 9.53 Å². The molecule has 1 fully saturated rings. The van der Waals surface area contributed by atoms with Crippen LogP contribution in [0.15, 0.2) is 24.3 Å². The van der Waals surface area contributed by atoms with Gasteiger partial charge in [0.05, 0.1) is 18.7 Å². The Bertz CT molecular complexity index is 485. The van der Waals surface area contributed by atoms with E-state index < -0.39 is 0 Å².